The zero-order valence-corrected chi connectivity index (χ0v) is 15.7. The lowest BCUT2D eigenvalue weighted by atomic mass is 9.98. The maximum Gasteiger partial charge on any atom is 0.310 e. The maximum absolute atomic E-state index is 12.2. The van der Waals surface area contributed by atoms with Crippen molar-refractivity contribution in [2.24, 2.45) is 5.92 Å². The van der Waals surface area contributed by atoms with E-state index in [0.29, 0.717) is 31.2 Å². The molecule has 7 heteroatoms. The Morgan fingerprint density at radius 1 is 1.23 bits per heavy atom. The third-order valence-electron chi connectivity index (χ3n) is 4.43. The molecule has 0 spiro atoms. The number of nitrogens with zero attached hydrogens (tertiary/aromatic N) is 1. The zero-order valence-electron chi connectivity index (χ0n) is 15.7. The standard InChI is InChI=1S/C19H28N2O5/c1-4-26-19(23)15-6-5-9-21(12-15)13-18(22)20-11-14-7-8-16(24-2)17(10-14)25-3/h7-8,10,15H,4-6,9,11-13H2,1-3H3,(H,20,22)/t15-/m0/s1. The van der Waals surface area contributed by atoms with Gasteiger partial charge in [-0.2, -0.15) is 0 Å². The van der Waals surface area contributed by atoms with Crippen LogP contribution < -0.4 is 14.8 Å². The maximum atomic E-state index is 12.2. The highest BCUT2D eigenvalue weighted by Gasteiger charge is 2.27. The number of ether oxygens (including phenoxy) is 3. The van der Waals surface area contributed by atoms with Gasteiger partial charge in [-0.3, -0.25) is 14.5 Å². The molecule has 1 aromatic carbocycles. The number of esters is 1. The van der Waals surface area contributed by atoms with Gasteiger partial charge >= 0.3 is 5.97 Å². The average Bonchev–Trinajstić information content (AvgIpc) is 2.66. The van der Waals surface area contributed by atoms with E-state index < -0.39 is 0 Å². The van der Waals surface area contributed by atoms with Crippen LogP contribution in [0.2, 0.25) is 0 Å². The van der Waals surface area contributed by atoms with Crippen molar-refractivity contribution in [3.8, 4) is 11.5 Å². The number of hydrogen-bond donors (Lipinski definition) is 1. The zero-order chi connectivity index (χ0) is 18.9. The minimum atomic E-state index is -0.164. The summed E-state index contributed by atoms with van der Waals surface area (Å²) in [5, 5.41) is 2.91. The van der Waals surface area contributed by atoms with Crippen molar-refractivity contribution in [1.82, 2.24) is 10.2 Å². The molecule has 144 valence electrons. The second-order valence-corrected chi connectivity index (χ2v) is 6.29. The van der Waals surface area contributed by atoms with Crippen LogP contribution in [0.1, 0.15) is 25.3 Å². The van der Waals surface area contributed by atoms with Crippen LogP contribution in [0.3, 0.4) is 0 Å². The molecule has 1 aliphatic heterocycles. The first-order valence-electron chi connectivity index (χ1n) is 8.94. The molecule has 0 aromatic heterocycles. The van der Waals surface area contributed by atoms with E-state index in [-0.39, 0.29) is 24.3 Å². The Labute approximate surface area is 154 Å². The van der Waals surface area contributed by atoms with Crippen molar-refractivity contribution >= 4 is 11.9 Å². The molecule has 1 fully saturated rings. The molecular formula is C19H28N2O5. The van der Waals surface area contributed by atoms with E-state index in [1.54, 1.807) is 21.1 Å². The van der Waals surface area contributed by atoms with Gasteiger partial charge in [0.05, 0.1) is 33.3 Å². The lowest BCUT2D eigenvalue weighted by Crippen LogP contribution is -2.44. The van der Waals surface area contributed by atoms with Crippen LogP contribution in [-0.2, 0) is 20.9 Å². The summed E-state index contributed by atoms with van der Waals surface area (Å²) in [6.45, 7) is 4.28. The summed E-state index contributed by atoms with van der Waals surface area (Å²) in [4.78, 5) is 26.1. The van der Waals surface area contributed by atoms with E-state index in [4.69, 9.17) is 14.2 Å². The van der Waals surface area contributed by atoms with Gasteiger partial charge in [-0.05, 0) is 44.0 Å². The van der Waals surface area contributed by atoms with Crippen LogP contribution >= 0.6 is 0 Å². The first-order chi connectivity index (χ1) is 12.6. The summed E-state index contributed by atoms with van der Waals surface area (Å²) in [6.07, 6.45) is 1.72. The van der Waals surface area contributed by atoms with Gasteiger partial charge in [0.1, 0.15) is 0 Å². The molecule has 7 nitrogen and oxygen atoms in total. The van der Waals surface area contributed by atoms with E-state index >= 15 is 0 Å². The van der Waals surface area contributed by atoms with Crippen molar-refractivity contribution < 1.29 is 23.8 Å². The van der Waals surface area contributed by atoms with Gasteiger partial charge < -0.3 is 19.5 Å². The first-order valence-corrected chi connectivity index (χ1v) is 8.94. The van der Waals surface area contributed by atoms with Gasteiger partial charge in [-0.25, -0.2) is 0 Å². The van der Waals surface area contributed by atoms with Crippen molar-refractivity contribution in [3.63, 3.8) is 0 Å². The van der Waals surface area contributed by atoms with Gasteiger partial charge in [0, 0.05) is 13.1 Å². The molecule has 0 aliphatic carbocycles. The number of hydrogen-bond acceptors (Lipinski definition) is 6. The van der Waals surface area contributed by atoms with E-state index in [1.807, 2.05) is 23.1 Å². The number of rotatable bonds is 8. The number of likely N-dealkylation sites (tertiary alicyclic amines) is 1. The van der Waals surface area contributed by atoms with Crippen LogP contribution in [0.5, 0.6) is 11.5 Å². The summed E-state index contributed by atoms with van der Waals surface area (Å²) in [5.74, 6) is 0.919. The second-order valence-electron chi connectivity index (χ2n) is 6.29. The lowest BCUT2D eigenvalue weighted by Gasteiger charge is -2.30. The smallest absolute Gasteiger partial charge is 0.310 e. The van der Waals surface area contributed by atoms with E-state index in [0.717, 1.165) is 24.9 Å². The number of nitrogens with one attached hydrogen (secondary N) is 1. The molecule has 1 heterocycles. The summed E-state index contributed by atoms with van der Waals surface area (Å²) in [7, 11) is 3.16. The molecule has 1 amide bonds. The van der Waals surface area contributed by atoms with Crippen LogP contribution in [0.25, 0.3) is 0 Å². The van der Waals surface area contributed by atoms with Crippen LogP contribution in [0, 0.1) is 5.92 Å². The largest absolute Gasteiger partial charge is 0.493 e. The summed E-state index contributed by atoms with van der Waals surface area (Å²) >= 11 is 0. The summed E-state index contributed by atoms with van der Waals surface area (Å²) < 4.78 is 15.6. The van der Waals surface area contributed by atoms with Crippen molar-refractivity contribution in [3.05, 3.63) is 23.8 Å². The summed E-state index contributed by atoms with van der Waals surface area (Å²) in [6, 6.07) is 5.55. The van der Waals surface area contributed by atoms with Gasteiger partial charge in [0.25, 0.3) is 0 Å². The second kappa shape index (κ2) is 10.0. The first kappa shape index (κ1) is 20.0. The number of methoxy groups -OCH3 is 2. The van der Waals surface area contributed by atoms with Crippen molar-refractivity contribution in [1.29, 1.82) is 0 Å². The molecule has 0 unspecified atom stereocenters. The molecule has 1 aromatic rings. The molecular weight excluding hydrogens is 336 g/mol. The average molecular weight is 364 g/mol. The minimum absolute atomic E-state index is 0.0655. The van der Waals surface area contributed by atoms with Gasteiger partial charge in [0.15, 0.2) is 11.5 Å². The van der Waals surface area contributed by atoms with Crippen molar-refractivity contribution in [2.45, 2.75) is 26.3 Å². The molecule has 0 radical (unpaired) electrons. The van der Waals surface area contributed by atoms with Gasteiger partial charge in [0.2, 0.25) is 5.91 Å². The Kier molecular flexibility index (Phi) is 7.72. The Morgan fingerprint density at radius 2 is 2.00 bits per heavy atom. The molecule has 0 bridgehead atoms. The van der Waals surface area contributed by atoms with Crippen LogP contribution in [-0.4, -0.2) is 57.2 Å². The monoisotopic (exact) mass is 364 g/mol. The molecule has 1 saturated heterocycles. The van der Waals surface area contributed by atoms with Gasteiger partial charge in [-0.1, -0.05) is 6.07 Å². The molecule has 1 aliphatic rings. The van der Waals surface area contributed by atoms with E-state index in [9.17, 15) is 9.59 Å². The fraction of sp³-hybridized carbons (Fsp3) is 0.579. The fourth-order valence-corrected chi connectivity index (χ4v) is 3.10. The Balaban J connectivity index is 1.82. The summed E-state index contributed by atoms with van der Waals surface area (Å²) in [5.41, 5.74) is 0.930. The highest BCUT2D eigenvalue weighted by molar-refractivity contribution is 5.78. The number of piperidine rings is 1. The third kappa shape index (κ3) is 5.62. The Hall–Kier alpha value is -2.28. The molecule has 0 saturated carbocycles. The number of amides is 1. The Morgan fingerprint density at radius 3 is 2.69 bits per heavy atom. The van der Waals surface area contributed by atoms with E-state index in [2.05, 4.69) is 5.32 Å². The lowest BCUT2D eigenvalue weighted by molar-refractivity contribution is -0.150. The number of carbonyl (C=O) groups is 2. The third-order valence-corrected chi connectivity index (χ3v) is 4.43. The van der Waals surface area contributed by atoms with Crippen molar-refractivity contribution in [2.75, 3.05) is 40.5 Å². The highest BCUT2D eigenvalue weighted by atomic mass is 16.5. The molecule has 2 rings (SSSR count). The van der Waals surface area contributed by atoms with Crippen LogP contribution in [0.4, 0.5) is 0 Å². The normalized spacial score (nSPS) is 17.4. The molecule has 1 atom stereocenters. The van der Waals surface area contributed by atoms with Crippen LogP contribution in [0.15, 0.2) is 18.2 Å². The number of carbonyl (C=O) groups excluding carboxylic acids is 2. The van der Waals surface area contributed by atoms with Gasteiger partial charge in [-0.15, -0.1) is 0 Å². The predicted octanol–water partition coefficient (Wildman–Crippen LogP) is 1.60. The topological polar surface area (TPSA) is 77.1 Å². The molecule has 26 heavy (non-hydrogen) atoms. The quantitative estimate of drug-likeness (QED) is 0.706. The SMILES string of the molecule is CCOC(=O)[C@H]1CCCN(CC(=O)NCc2ccc(OC)c(OC)c2)C1. The van der Waals surface area contributed by atoms with E-state index in [1.165, 1.54) is 0 Å². The predicted molar refractivity (Wildman–Crippen MR) is 97.2 cm³/mol. The minimum Gasteiger partial charge on any atom is -0.493 e. The Bertz CT molecular complexity index is 620. The highest BCUT2D eigenvalue weighted by Crippen LogP contribution is 2.27. The molecule has 1 N–H and O–H groups in total. The fourth-order valence-electron chi connectivity index (χ4n) is 3.10. The number of benzene rings is 1.